The van der Waals surface area contributed by atoms with E-state index in [0.29, 0.717) is 18.3 Å². The van der Waals surface area contributed by atoms with Gasteiger partial charge in [-0.25, -0.2) is 13.6 Å². The second-order valence-electron chi connectivity index (χ2n) is 5.70. The second-order valence-corrected chi connectivity index (χ2v) is 5.70. The second kappa shape index (κ2) is 8.47. The minimum Gasteiger partial charge on any atom is -0.491 e. The molecular weight excluding hydrogens is 320 g/mol. The van der Waals surface area contributed by atoms with Gasteiger partial charge in [0.2, 0.25) is 5.91 Å². The number of carbonyl (C=O) groups excluding carboxylic acids is 2. The highest BCUT2D eigenvalue weighted by Gasteiger charge is 2.23. The van der Waals surface area contributed by atoms with Crippen molar-refractivity contribution in [3.8, 4) is 5.75 Å². The van der Waals surface area contributed by atoms with E-state index in [4.69, 9.17) is 4.74 Å². The Kier molecular flexibility index (Phi) is 6.34. The van der Waals surface area contributed by atoms with Gasteiger partial charge in [-0.1, -0.05) is 0 Å². The molecule has 6 nitrogen and oxygen atoms in total. The molecule has 0 aromatic heterocycles. The van der Waals surface area contributed by atoms with Gasteiger partial charge in [-0.05, 0) is 37.8 Å². The average Bonchev–Trinajstić information content (AvgIpc) is 3.35. The van der Waals surface area contributed by atoms with Crippen LogP contribution >= 0.6 is 0 Å². The van der Waals surface area contributed by atoms with Gasteiger partial charge in [0.15, 0.2) is 0 Å². The molecule has 0 heterocycles. The normalized spacial score (nSPS) is 14.6. The molecule has 1 unspecified atom stereocenters. The van der Waals surface area contributed by atoms with Crippen molar-refractivity contribution in [1.29, 1.82) is 0 Å². The molecule has 1 aliphatic carbocycles. The van der Waals surface area contributed by atoms with Crippen LogP contribution in [0.3, 0.4) is 0 Å². The van der Waals surface area contributed by atoms with Crippen LogP contribution in [0.4, 0.5) is 19.3 Å². The molecular formula is C16H21F2N3O3. The molecule has 0 bridgehead atoms. The summed E-state index contributed by atoms with van der Waals surface area (Å²) in [5.41, 5.74) is 0.185. The predicted molar refractivity (Wildman–Crippen MR) is 85.2 cm³/mol. The van der Waals surface area contributed by atoms with E-state index in [1.54, 1.807) is 0 Å². The molecule has 1 aliphatic rings. The van der Waals surface area contributed by atoms with Gasteiger partial charge in [0.05, 0.1) is 12.3 Å². The SMILES string of the molecule is CC(NC(=O)Nc1cc(F)ccc1OCC1CC1)C(=O)NCCF. The van der Waals surface area contributed by atoms with Gasteiger partial charge in [-0.15, -0.1) is 0 Å². The number of carbonyl (C=O) groups is 2. The summed E-state index contributed by atoms with van der Waals surface area (Å²) in [4.78, 5) is 23.6. The number of anilines is 1. The summed E-state index contributed by atoms with van der Waals surface area (Å²) in [6, 6.07) is 2.30. The van der Waals surface area contributed by atoms with Crippen molar-refractivity contribution >= 4 is 17.6 Å². The number of benzene rings is 1. The minimum atomic E-state index is -0.860. The third kappa shape index (κ3) is 5.68. The van der Waals surface area contributed by atoms with Crippen LogP contribution in [-0.2, 0) is 4.79 Å². The van der Waals surface area contributed by atoms with Gasteiger partial charge in [0, 0.05) is 12.6 Å². The van der Waals surface area contributed by atoms with E-state index in [0.717, 1.165) is 18.9 Å². The van der Waals surface area contributed by atoms with E-state index in [1.807, 2.05) is 0 Å². The number of nitrogens with one attached hydrogen (secondary N) is 3. The third-order valence-electron chi connectivity index (χ3n) is 3.50. The van der Waals surface area contributed by atoms with Gasteiger partial charge in [-0.3, -0.25) is 4.79 Å². The smallest absolute Gasteiger partial charge is 0.319 e. The van der Waals surface area contributed by atoms with Crippen molar-refractivity contribution in [2.45, 2.75) is 25.8 Å². The Labute approximate surface area is 138 Å². The fourth-order valence-electron chi connectivity index (χ4n) is 1.96. The molecule has 3 N–H and O–H groups in total. The zero-order chi connectivity index (χ0) is 17.5. The number of hydrogen-bond acceptors (Lipinski definition) is 3. The lowest BCUT2D eigenvalue weighted by molar-refractivity contribution is -0.122. The highest BCUT2D eigenvalue weighted by molar-refractivity contribution is 5.94. The van der Waals surface area contributed by atoms with E-state index < -0.39 is 30.5 Å². The number of alkyl halides is 1. The van der Waals surface area contributed by atoms with Gasteiger partial charge in [-0.2, -0.15) is 0 Å². The number of ether oxygens (including phenoxy) is 1. The lowest BCUT2D eigenvalue weighted by Gasteiger charge is -2.16. The molecule has 1 fully saturated rings. The van der Waals surface area contributed by atoms with Crippen molar-refractivity contribution in [2.24, 2.45) is 5.92 Å². The summed E-state index contributed by atoms with van der Waals surface area (Å²) >= 11 is 0. The maximum atomic E-state index is 13.4. The van der Waals surface area contributed by atoms with Crippen LogP contribution in [0.15, 0.2) is 18.2 Å². The summed E-state index contributed by atoms with van der Waals surface area (Å²) in [6.45, 7) is 1.18. The summed E-state index contributed by atoms with van der Waals surface area (Å²) in [5, 5.41) is 7.19. The lowest BCUT2D eigenvalue weighted by Crippen LogP contribution is -2.46. The zero-order valence-corrected chi connectivity index (χ0v) is 13.4. The summed E-state index contributed by atoms with van der Waals surface area (Å²) in [5.74, 6) is -0.144. The molecule has 132 valence electrons. The van der Waals surface area contributed by atoms with Gasteiger partial charge in [0.25, 0.3) is 0 Å². The fraction of sp³-hybridized carbons (Fsp3) is 0.500. The molecule has 0 radical (unpaired) electrons. The monoisotopic (exact) mass is 341 g/mol. The predicted octanol–water partition coefficient (Wildman–Crippen LogP) is 2.21. The third-order valence-corrected chi connectivity index (χ3v) is 3.50. The Morgan fingerprint density at radius 2 is 2.12 bits per heavy atom. The van der Waals surface area contributed by atoms with Crippen molar-refractivity contribution in [2.75, 3.05) is 25.1 Å². The van der Waals surface area contributed by atoms with Crippen LogP contribution in [-0.4, -0.2) is 37.8 Å². The van der Waals surface area contributed by atoms with Crippen LogP contribution in [0.5, 0.6) is 5.75 Å². The zero-order valence-electron chi connectivity index (χ0n) is 13.4. The Balaban J connectivity index is 1.91. The first-order chi connectivity index (χ1) is 11.5. The van der Waals surface area contributed by atoms with E-state index >= 15 is 0 Å². The molecule has 0 spiro atoms. The number of amides is 3. The van der Waals surface area contributed by atoms with Gasteiger partial charge < -0.3 is 20.7 Å². The van der Waals surface area contributed by atoms with Gasteiger partial charge >= 0.3 is 6.03 Å². The molecule has 0 aliphatic heterocycles. The van der Waals surface area contributed by atoms with Gasteiger partial charge in [0.1, 0.15) is 24.3 Å². The van der Waals surface area contributed by atoms with Crippen LogP contribution in [0.25, 0.3) is 0 Å². The van der Waals surface area contributed by atoms with Crippen LogP contribution < -0.4 is 20.7 Å². The van der Waals surface area contributed by atoms with Crippen molar-refractivity contribution in [3.63, 3.8) is 0 Å². The Morgan fingerprint density at radius 3 is 2.79 bits per heavy atom. The quantitative estimate of drug-likeness (QED) is 0.678. The Hall–Kier alpha value is -2.38. The van der Waals surface area contributed by atoms with Crippen molar-refractivity contribution in [3.05, 3.63) is 24.0 Å². The molecule has 24 heavy (non-hydrogen) atoms. The molecule has 1 saturated carbocycles. The summed E-state index contributed by atoms with van der Waals surface area (Å²) in [7, 11) is 0. The maximum Gasteiger partial charge on any atom is 0.319 e. The van der Waals surface area contributed by atoms with E-state index in [9.17, 15) is 18.4 Å². The average molecular weight is 341 g/mol. The molecule has 2 rings (SSSR count). The van der Waals surface area contributed by atoms with E-state index in [2.05, 4.69) is 16.0 Å². The molecule has 1 atom stereocenters. The van der Waals surface area contributed by atoms with E-state index in [-0.39, 0.29) is 12.2 Å². The van der Waals surface area contributed by atoms with E-state index in [1.165, 1.54) is 19.1 Å². The summed E-state index contributed by atoms with van der Waals surface area (Å²) in [6.07, 6.45) is 2.21. The molecule has 1 aromatic rings. The number of hydrogen-bond donors (Lipinski definition) is 3. The first-order valence-electron chi connectivity index (χ1n) is 7.83. The topological polar surface area (TPSA) is 79.5 Å². The Bertz CT molecular complexity index is 594. The summed E-state index contributed by atoms with van der Waals surface area (Å²) < 4.78 is 31.0. The molecule has 0 saturated heterocycles. The number of rotatable bonds is 8. The Morgan fingerprint density at radius 1 is 1.38 bits per heavy atom. The highest BCUT2D eigenvalue weighted by Crippen LogP contribution is 2.32. The minimum absolute atomic E-state index is 0.116. The van der Waals surface area contributed by atoms with Crippen LogP contribution in [0.1, 0.15) is 19.8 Å². The molecule has 8 heteroatoms. The number of urea groups is 1. The van der Waals surface area contributed by atoms with Crippen molar-refractivity contribution in [1.82, 2.24) is 10.6 Å². The van der Waals surface area contributed by atoms with Crippen LogP contribution in [0.2, 0.25) is 0 Å². The standard InChI is InChI=1S/C16H21F2N3O3/c1-10(15(22)19-7-6-17)20-16(23)21-13-8-12(18)4-5-14(13)24-9-11-2-3-11/h4-5,8,10-11H,2-3,6-7,9H2,1H3,(H,19,22)(H2,20,21,23). The molecule has 1 aromatic carbocycles. The number of halogens is 2. The lowest BCUT2D eigenvalue weighted by atomic mass is 10.2. The molecule has 3 amide bonds. The van der Waals surface area contributed by atoms with Crippen LogP contribution in [0, 0.1) is 11.7 Å². The first kappa shape index (κ1) is 18.0. The highest BCUT2D eigenvalue weighted by atomic mass is 19.1. The first-order valence-corrected chi connectivity index (χ1v) is 7.83. The largest absolute Gasteiger partial charge is 0.491 e. The fourth-order valence-corrected chi connectivity index (χ4v) is 1.96. The van der Waals surface area contributed by atoms with Crippen molar-refractivity contribution < 1.29 is 23.1 Å². The maximum absolute atomic E-state index is 13.4.